The third-order valence-corrected chi connectivity index (χ3v) is 3.33. The van der Waals surface area contributed by atoms with Crippen molar-refractivity contribution >= 4 is 15.9 Å². The minimum atomic E-state index is -0.267. The first-order valence-corrected chi connectivity index (χ1v) is 6.78. The zero-order valence-corrected chi connectivity index (χ0v) is 12.2. The van der Waals surface area contributed by atoms with Gasteiger partial charge < -0.3 is 10.5 Å². The van der Waals surface area contributed by atoms with E-state index in [-0.39, 0.29) is 11.9 Å². The largest absolute Gasteiger partial charge is 0.484 e. The summed E-state index contributed by atoms with van der Waals surface area (Å²) in [7, 11) is 0. The van der Waals surface area contributed by atoms with Gasteiger partial charge in [-0.05, 0) is 48.4 Å². The number of hydrogen-bond donors (Lipinski definition) is 1. The molecule has 0 saturated heterocycles. The van der Waals surface area contributed by atoms with E-state index in [1.807, 2.05) is 31.2 Å². The fraction of sp³-hybridized carbons (Fsp3) is 0.200. The van der Waals surface area contributed by atoms with Crippen LogP contribution in [-0.4, -0.2) is 6.54 Å². The Hall–Kier alpha value is -1.39. The van der Waals surface area contributed by atoms with Crippen molar-refractivity contribution in [3.05, 3.63) is 63.9 Å². The standard InChI is InChI=1S/C15H15BrFNO/c1-10-7-13(17)5-6-14(10)19-15(9-18)11-3-2-4-12(16)8-11/h2-8,15H,9,18H2,1H3. The Morgan fingerprint density at radius 2 is 2.05 bits per heavy atom. The van der Waals surface area contributed by atoms with Gasteiger partial charge in [-0.25, -0.2) is 4.39 Å². The van der Waals surface area contributed by atoms with Gasteiger partial charge in [-0.15, -0.1) is 0 Å². The van der Waals surface area contributed by atoms with Crippen LogP contribution in [0.25, 0.3) is 0 Å². The first kappa shape index (κ1) is 14.0. The summed E-state index contributed by atoms with van der Waals surface area (Å²) in [5, 5.41) is 0. The number of aryl methyl sites for hydroxylation is 1. The van der Waals surface area contributed by atoms with E-state index in [9.17, 15) is 4.39 Å². The van der Waals surface area contributed by atoms with Gasteiger partial charge in [0.05, 0.1) is 0 Å². The minimum Gasteiger partial charge on any atom is -0.484 e. The quantitative estimate of drug-likeness (QED) is 0.923. The molecule has 0 aliphatic carbocycles. The molecule has 100 valence electrons. The van der Waals surface area contributed by atoms with Crippen molar-refractivity contribution in [3.8, 4) is 5.75 Å². The van der Waals surface area contributed by atoms with Gasteiger partial charge in [0.25, 0.3) is 0 Å². The highest BCUT2D eigenvalue weighted by Gasteiger charge is 2.13. The lowest BCUT2D eigenvalue weighted by molar-refractivity contribution is 0.212. The molecule has 0 saturated carbocycles. The maximum absolute atomic E-state index is 13.1. The van der Waals surface area contributed by atoms with Crippen molar-refractivity contribution in [1.29, 1.82) is 0 Å². The molecule has 0 radical (unpaired) electrons. The first-order chi connectivity index (χ1) is 9.10. The molecule has 19 heavy (non-hydrogen) atoms. The zero-order chi connectivity index (χ0) is 13.8. The predicted molar refractivity (Wildman–Crippen MR) is 77.7 cm³/mol. The number of benzene rings is 2. The molecule has 2 nitrogen and oxygen atoms in total. The van der Waals surface area contributed by atoms with E-state index >= 15 is 0 Å². The summed E-state index contributed by atoms with van der Waals surface area (Å²) in [6.45, 7) is 2.17. The second-order valence-electron chi connectivity index (χ2n) is 4.31. The maximum Gasteiger partial charge on any atom is 0.136 e. The molecule has 0 aromatic heterocycles. The molecule has 0 aliphatic rings. The van der Waals surface area contributed by atoms with Crippen molar-refractivity contribution in [2.45, 2.75) is 13.0 Å². The highest BCUT2D eigenvalue weighted by atomic mass is 79.9. The van der Waals surface area contributed by atoms with Gasteiger partial charge in [-0.1, -0.05) is 28.1 Å². The monoisotopic (exact) mass is 323 g/mol. The molecular weight excluding hydrogens is 309 g/mol. The number of nitrogens with two attached hydrogens (primary N) is 1. The Kier molecular flexibility index (Phi) is 4.56. The molecular formula is C15H15BrFNO. The topological polar surface area (TPSA) is 35.2 Å². The summed E-state index contributed by atoms with van der Waals surface area (Å²) in [4.78, 5) is 0. The molecule has 1 unspecified atom stereocenters. The SMILES string of the molecule is Cc1cc(F)ccc1OC(CN)c1cccc(Br)c1. The van der Waals surface area contributed by atoms with Gasteiger partial charge in [-0.3, -0.25) is 0 Å². The predicted octanol–water partition coefficient (Wildman–Crippen LogP) is 3.98. The normalized spacial score (nSPS) is 12.2. The van der Waals surface area contributed by atoms with Gasteiger partial charge >= 0.3 is 0 Å². The Morgan fingerprint density at radius 1 is 1.26 bits per heavy atom. The summed E-state index contributed by atoms with van der Waals surface area (Å²) in [6.07, 6.45) is -0.248. The fourth-order valence-electron chi connectivity index (χ4n) is 1.86. The van der Waals surface area contributed by atoms with Crippen LogP contribution >= 0.6 is 15.9 Å². The molecule has 0 fully saturated rings. The fourth-order valence-corrected chi connectivity index (χ4v) is 2.27. The molecule has 2 aromatic rings. The first-order valence-electron chi connectivity index (χ1n) is 5.98. The second-order valence-corrected chi connectivity index (χ2v) is 5.22. The van der Waals surface area contributed by atoms with Crippen LogP contribution in [0.2, 0.25) is 0 Å². The van der Waals surface area contributed by atoms with E-state index in [2.05, 4.69) is 15.9 Å². The van der Waals surface area contributed by atoms with Crippen molar-refractivity contribution < 1.29 is 9.13 Å². The molecule has 2 aromatic carbocycles. The lowest BCUT2D eigenvalue weighted by atomic mass is 10.1. The van der Waals surface area contributed by atoms with Crippen LogP contribution in [0.1, 0.15) is 17.2 Å². The van der Waals surface area contributed by atoms with Gasteiger partial charge in [0.1, 0.15) is 17.7 Å². The summed E-state index contributed by atoms with van der Waals surface area (Å²) < 4.78 is 19.9. The van der Waals surface area contributed by atoms with Crippen LogP contribution in [0.15, 0.2) is 46.9 Å². The average molecular weight is 324 g/mol. The molecule has 1 atom stereocenters. The molecule has 2 rings (SSSR count). The van der Waals surface area contributed by atoms with Gasteiger partial charge in [-0.2, -0.15) is 0 Å². The Balaban J connectivity index is 2.24. The number of ether oxygens (including phenoxy) is 1. The summed E-state index contributed by atoms with van der Waals surface area (Å²) in [5.74, 6) is 0.383. The second kappa shape index (κ2) is 6.17. The molecule has 0 bridgehead atoms. The molecule has 2 N–H and O–H groups in total. The smallest absolute Gasteiger partial charge is 0.136 e. The molecule has 0 heterocycles. The van der Waals surface area contributed by atoms with Crippen molar-refractivity contribution in [1.82, 2.24) is 0 Å². The van der Waals surface area contributed by atoms with Crippen LogP contribution in [0.4, 0.5) is 4.39 Å². The van der Waals surface area contributed by atoms with E-state index in [1.165, 1.54) is 12.1 Å². The number of hydrogen-bond acceptors (Lipinski definition) is 2. The van der Waals surface area contributed by atoms with Crippen LogP contribution in [0, 0.1) is 12.7 Å². The van der Waals surface area contributed by atoms with E-state index in [0.29, 0.717) is 12.3 Å². The maximum atomic E-state index is 13.1. The Morgan fingerprint density at radius 3 is 2.68 bits per heavy atom. The average Bonchev–Trinajstić information content (AvgIpc) is 2.38. The lowest BCUT2D eigenvalue weighted by Crippen LogP contribution is -2.18. The minimum absolute atomic E-state index is 0.248. The molecule has 0 aliphatic heterocycles. The van der Waals surface area contributed by atoms with Crippen molar-refractivity contribution in [2.24, 2.45) is 5.73 Å². The van der Waals surface area contributed by atoms with E-state index < -0.39 is 0 Å². The third-order valence-electron chi connectivity index (χ3n) is 2.84. The van der Waals surface area contributed by atoms with Gasteiger partial charge in [0.15, 0.2) is 0 Å². The van der Waals surface area contributed by atoms with Gasteiger partial charge in [0, 0.05) is 11.0 Å². The number of rotatable bonds is 4. The van der Waals surface area contributed by atoms with Crippen molar-refractivity contribution in [2.75, 3.05) is 6.54 Å². The lowest BCUT2D eigenvalue weighted by Gasteiger charge is -2.19. The molecule has 0 spiro atoms. The zero-order valence-electron chi connectivity index (χ0n) is 10.6. The molecule has 4 heteroatoms. The van der Waals surface area contributed by atoms with E-state index in [4.69, 9.17) is 10.5 Å². The summed E-state index contributed by atoms with van der Waals surface area (Å²) in [6, 6.07) is 12.3. The molecule has 0 amide bonds. The summed E-state index contributed by atoms with van der Waals surface area (Å²) in [5.41, 5.74) is 7.51. The van der Waals surface area contributed by atoms with E-state index in [1.54, 1.807) is 6.07 Å². The van der Waals surface area contributed by atoms with Crippen LogP contribution < -0.4 is 10.5 Å². The van der Waals surface area contributed by atoms with E-state index in [0.717, 1.165) is 15.6 Å². The number of halogens is 2. The Labute approximate surface area is 120 Å². The van der Waals surface area contributed by atoms with Crippen LogP contribution in [-0.2, 0) is 0 Å². The van der Waals surface area contributed by atoms with Crippen molar-refractivity contribution in [3.63, 3.8) is 0 Å². The summed E-state index contributed by atoms with van der Waals surface area (Å²) >= 11 is 3.42. The Bertz CT molecular complexity index is 574. The van der Waals surface area contributed by atoms with Crippen LogP contribution in [0.5, 0.6) is 5.75 Å². The highest BCUT2D eigenvalue weighted by Crippen LogP contribution is 2.26. The van der Waals surface area contributed by atoms with Crippen LogP contribution in [0.3, 0.4) is 0 Å². The van der Waals surface area contributed by atoms with Gasteiger partial charge in [0.2, 0.25) is 0 Å². The highest BCUT2D eigenvalue weighted by molar-refractivity contribution is 9.10. The third kappa shape index (κ3) is 3.55.